The topological polar surface area (TPSA) is 81.8 Å². The summed E-state index contributed by atoms with van der Waals surface area (Å²) in [5.74, 6) is 0.230. The van der Waals surface area contributed by atoms with Gasteiger partial charge in [-0.05, 0) is 30.7 Å². The number of rotatable bonds is 5. The van der Waals surface area contributed by atoms with Crippen molar-refractivity contribution in [3.05, 3.63) is 35.9 Å². The summed E-state index contributed by atoms with van der Waals surface area (Å²) in [5.41, 5.74) is -0.0421. The summed E-state index contributed by atoms with van der Waals surface area (Å²) < 4.78 is 0. The van der Waals surface area contributed by atoms with Crippen LogP contribution in [0.5, 0.6) is 0 Å². The van der Waals surface area contributed by atoms with Gasteiger partial charge in [0.15, 0.2) is 0 Å². The van der Waals surface area contributed by atoms with E-state index >= 15 is 0 Å². The van der Waals surface area contributed by atoms with Crippen LogP contribution in [0, 0.1) is 11.3 Å². The molecule has 3 aliphatic rings. The van der Waals surface area contributed by atoms with Crippen molar-refractivity contribution in [2.24, 2.45) is 11.3 Å². The van der Waals surface area contributed by atoms with Gasteiger partial charge in [0.05, 0.1) is 5.41 Å². The number of urea groups is 1. The van der Waals surface area contributed by atoms with Crippen LogP contribution in [-0.2, 0) is 16.0 Å². The van der Waals surface area contributed by atoms with Gasteiger partial charge in [-0.2, -0.15) is 0 Å². The lowest BCUT2D eigenvalue weighted by molar-refractivity contribution is -0.149. The molecule has 4 rings (SSSR count). The highest BCUT2D eigenvalue weighted by Crippen LogP contribution is 2.37. The van der Waals surface area contributed by atoms with Gasteiger partial charge in [-0.1, -0.05) is 44.2 Å². The Balaban J connectivity index is 1.46. The Morgan fingerprint density at radius 3 is 2.31 bits per heavy atom. The predicted molar refractivity (Wildman–Crippen MR) is 109 cm³/mol. The van der Waals surface area contributed by atoms with Gasteiger partial charge in [-0.15, -0.1) is 0 Å². The lowest BCUT2D eigenvalue weighted by Crippen LogP contribution is -2.65. The van der Waals surface area contributed by atoms with E-state index in [1.54, 1.807) is 4.90 Å². The molecule has 0 aromatic heterocycles. The zero-order valence-electron chi connectivity index (χ0n) is 17.2. The van der Waals surface area contributed by atoms with Crippen molar-refractivity contribution in [2.75, 3.05) is 32.7 Å². The molecule has 3 saturated heterocycles. The van der Waals surface area contributed by atoms with Crippen LogP contribution >= 0.6 is 0 Å². The summed E-state index contributed by atoms with van der Waals surface area (Å²) in [7, 11) is 0. The molecule has 0 aliphatic carbocycles. The number of hydrogen-bond donors (Lipinski definition) is 2. The second-order valence-corrected chi connectivity index (χ2v) is 9.13. The molecule has 1 spiro atoms. The molecule has 29 heavy (non-hydrogen) atoms. The van der Waals surface area contributed by atoms with Crippen LogP contribution in [0.2, 0.25) is 0 Å². The van der Waals surface area contributed by atoms with E-state index in [2.05, 4.69) is 22.8 Å². The molecule has 0 bridgehead atoms. The number of benzene rings is 1. The van der Waals surface area contributed by atoms with Crippen LogP contribution in [-0.4, -0.2) is 65.9 Å². The molecule has 7 nitrogen and oxygen atoms in total. The zero-order chi connectivity index (χ0) is 20.6. The summed E-state index contributed by atoms with van der Waals surface area (Å²) in [6.07, 6.45) is 1.72. The number of carbonyl (C=O) groups excluding carboxylic acids is 3. The van der Waals surface area contributed by atoms with Crippen molar-refractivity contribution in [1.82, 2.24) is 20.4 Å². The van der Waals surface area contributed by atoms with Crippen molar-refractivity contribution in [3.8, 4) is 0 Å². The Labute approximate surface area is 171 Å². The van der Waals surface area contributed by atoms with E-state index in [4.69, 9.17) is 0 Å². The van der Waals surface area contributed by atoms with Gasteiger partial charge < -0.3 is 15.1 Å². The smallest absolute Gasteiger partial charge is 0.325 e. The SMILES string of the molecule is CC(C)CN1C(=O)NC(=O)C12CCN(C(=O)C1(Cc3ccccc3)CNC1)CC2. The van der Waals surface area contributed by atoms with E-state index in [1.165, 1.54) is 5.56 Å². The van der Waals surface area contributed by atoms with Crippen LogP contribution in [0.25, 0.3) is 0 Å². The van der Waals surface area contributed by atoms with Crippen molar-refractivity contribution in [1.29, 1.82) is 0 Å². The second-order valence-electron chi connectivity index (χ2n) is 9.13. The van der Waals surface area contributed by atoms with E-state index in [9.17, 15) is 14.4 Å². The number of hydrogen-bond acceptors (Lipinski definition) is 4. The Hall–Kier alpha value is -2.41. The fourth-order valence-electron chi connectivity index (χ4n) is 4.90. The third kappa shape index (κ3) is 3.41. The average Bonchev–Trinajstić information content (AvgIpc) is 2.89. The zero-order valence-corrected chi connectivity index (χ0v) is 17.2. The van der Waals surface area contributed by atoms with Gasteiger partial charge in [0.25, 0.3) is 5.91 Å². The quantitative estimate of drug-likeness (QED) is 0.735. The summed E-state index contributed by atoms with van der Waals surface area (Å²) in [6.45, 7) is 7.00. The largest absolute Gasteiger partial charge is 0.342 e. The molecule has 4 amide bonds. The maximum Gasteiger partial charge on any atom is 0.325 e. The molecule has 0 radical (unpaired) electrons. The first kappa shape index (κ1) is 19.9. The number of nitrogens with zero attached hydrogens (tertiary/aromatic N) is 2. The fourth-order valence-corrected chi connectivity index (χ4v) is 4.90. The van der Waals surface area contributed by atoms with Crippen LogP contribution in [0.4, 0.5) is 4.79 Å². The fraction of sp³-hybridized carbons (Fsp3) is 0.591. The Kier molecular flexibility index (Phi) is 5.11. The number of piperidine rings is 1. The molecule has 0 unspecified atom stereocenters. The Bertz CT molecular complexity index is 796. The molecule has 0 atom stereocenters. The number of likely N-dealkylation sites (tertiary alicyclic amines) is 1. The lowest BCUT2D eigenvalue weighted by Gasteiger charge is -2.48. The summed E-state index contributed by atoms with van der Waals surface area (Å²) in [5, 5.41) is 5.76. The van der Waals surface area contributed by atoms with Gasteiger partial charge in [0.2, 0.25) is 5.91 Å². The normalized spacial score (nSPS) is 22.7. The molecule has 3 aliphatic heterocycles. The number of imide groups is 1. The molecule has 156 valence electrons. The second kappa shape index (κ2) is 7.44. The molecule has 3 heterocycles. The standard InChI is InChI=1S/C22H30N4O3/c1-16(2)13-26-20(29)24-18(27)22(26)8-10-25(11-9-22)19(28)21(14-23-15-21)12-17-6-4-3-5-7-17/h3-7,16,23H,8-15H2,1-2H3,(H,24,27,29). The highest BCUT2D eigenvalue weighted by molar-refractivity contribution is 6.07. The van der Waals surface area contributed by atoms with Gasteiger partial charge in [-0.3, -0.25) is 14.9 Å². The van der Waals surface area contributed by atoms with Gasteiger partial charge in [0, 0.05) is 32.7 Å². The highest BCUT2D eigenvalue weighted by Gasteiger charge is 2.55. The van der Waals surface area contributed by atoms with Gasteiger partial charge in [-0.25, -0.2) is 4.79 Å². The van der Waals surface area contributed by atoms with Gasteiger partial charge >= 0.3 is 6.03 Å². The molecule has 1 aromatic rings. The first-order valence-corrected chi connectivity index (χ1v) is 10.5. The van der Waals surface area contributed by atoms with Gasteiger partial charge in [0.1, 0.15) is 5.54 Å². The molecular weight excluding hydrogens is 368 g/mol. The van der Waals surface area contributed by atoms with Crippen molar-refractivity contribution in [3.63, 3.8) is 0 Å². The number of carbonyl (C=O) groups is 3. The van der Waals surface area contributed by atoms with E-state index in [-0.39, 0.29) is 23.8 Å². The maximum absolute atomic E-state index is 13.4. The molecule has 7 heteroatoms. The lowest BCUT2D eigenvalue weighted by atomic mass is 9.74. The summed E-state index contributed by atoms with van der Waals surface area (Å²) in [4.78, 5) is 42.0. The summed E-state index contributed by atoms with van der Waals surface area (Å²) >= 11 is 0. The van der Waals surface area contributed by atoms with Crippen molar-refractivity contribution >= 4 is 17.8 Å². The first-order chi connectivity index (χ1) is 13.9. The van der Waals surface area contributed by atoms with Crippen molar-refractivity contribution in [2.45, 2.75) is 38.6 Å². The molecule has 0 saturated carbocycles. The minimum absolute atomic E-state index is 0.162. The monoisotopic (exact) mass is 398 g/mol. The molecule has 3 fully saturated rings. The Morgan fingerprint density at radius 2 is 1.76 bits per heavy atom. The third-order valence-corrected chi connectivity index (χ3v) is 6.60. The predicted octanol–water partition coefficient (Wildman–Crippen LogP) is 1.39. The average molecular weight is 399 g/mol. The van der Waals surface area contributed by atoms with Crippen LogP contribution in [0.1, 0.15) is 32.3 Å². The van der Waals surface area contributed by atoms with E-state index in [1.807, 2.05) is 36.9 Å². The van der Waals surface area contributed by atoms with E-state index < -0.39 is 11.0 Å². The minimum Gasteiger partial charge on any atom is -0.342 e. The van der Waals surface area contributed by atoms with Crippen molar-refractivity contribution < 1.29 is 14.4 Å². The number of amides is 4. The number of nitrogens with one attached hydrogen (secondary N) is 2. The third-order valence-electron chi connectivity index (χ3n) is 6.60. The maximum atomic E-state index is 13.4. The highest BCUT2D eigenvalue weighted by atomic mass is 16.2. The molecule has 1 aromatic carbocycles. The van der Waals surface area contributed by atoms with E-state index in [0.29, 0.717) is 45.6 Å². The summed E-state index contributed by atoms with van der Waals surface area (Å²) in [6, 6.07) is 9.82. The van der Waals surface area contributed by atoms with E-state index in [0.717, 1.165) is 6.42 Å². The minimum atomic E-state index is -0.803. The molecule has 2 N–H and O–H groups in total. The first-order valence-electron chi connectivity index (χ1n) is 10.5. The Morgan fingerprint density at radius 1 is 1.10 bits per heavy atom. The van der Waals surface area contributed by atoms with Crippen LogP contribution in [0.15, 0.2) is 30.3 Å². The molecular formula is C22H30N4O3. The van der Waals surface area contributed by atoms with Crippen LogP contribution < -0.4 is 10.6 Å². The van der Waals surface area contributed by atoms with Crippen LogP contribution in [0.3, 0.4) is 0 Å².